The van der Waals surface area contributed by atoms with E-state index < -0.39 is 0 Å². The van der Waals surface area contributed by atoms with Gasteiger partial charge < -0.3 is 4.90 Å². The highest BCUT2D eigenvalue weighted by Gasteiger charge is 2.22. The quantitative estimate of drug-likeness (QED) is 0.590. The molecular formula is C11H24N2S2. The summed E-state index contributed by atoms with van der Waals surface area (Å²) in [6.07, 6.45) is 2.63. The molecule has 0 saturated carbocycles. The van der Waals surface area contributed by atoms with Crippen molar-refractivity contribution in [1.29, 1.82) is 0 Å². The zero-order valence-corrected chi connectivity index (χ0v) is 11.9. The minimum Gasteiger partial charge on any atom is -0.303 e. The minimum absolute atomic E-state index is 0.779. The first kappa shape index (κ1) is 13.7. The van der Waals surface area contributed by atoms with E-state index in [0.717, 1.165) is 17.8 Å². The smallest absolute Gasteiger partial charge is 0.0546 e. The highest BCUT2D eigenvalue weighted by atomic mass is 33.1. The van der Waals surface area contributed by atoms with E-state index in [1.54, 1.807) is 10.8 Å². The molecule has 1 aliphatic heterocycles. The Bertz CT molecular complexity index is 168. The maximum Gasteiger partial charge on any atom is 0.0546 e. The van der Waals surface area contributed by atoms with Crippen LogP contribution in [-0.4, -0.2) is 48.4 Å². The van der Waals surface area contributed by atoms with Crippen LogP contribution in [0.3, 0.4) is 0 Å². The van der Waals surface area contributed by atoms with Crippen molar-refractivity contribution in [1.82, 2.24) is 9.80 Å². The van der Waals surface area contributed by atoms with E-state index in [-0.39, 0.29) is 0 Å². The fraction of sp³-hybridized carbons (Fsp3) is 1.00. The van der Waals surface area contributed by atoms with Crippen LogP contribution in [0.25, 0.3) is 0 Å². The molecule has 0 bridgehead atoms. The molecule has 0 N–H and O–H groups in total. The summed E-state index contributed by atoms with van der Waals surface area (Å²) < 4.78 is 0. The lowest BCUT2D eigenvalue weighted by atomic mass is 10.0. The molecule has 1 heterocycles. The van der Waals surface area contributed by atoms with Gasteiger partial charge in [0.25, 0.3) is 0 Å². The molecule has 90 valence electrons. The van der Waals surface area contributed by atoms with Gasteiger partial charge in [-0.1, -0.05) is 24.6 Å². The van der Waals surface area contributed by atoms with Gasteiger partial charge in [-0.15, -0.1) is 11.7 Å². The number of likely N-dealkylation sites (tertiary alicyclic amines) is 1. The molecule has 15 heavy (non-hydrogen) atoms. The van der Waals surface area contributed by atoms with E-state index in [4.69, 9.17) is 0 Å². The zero-order chi connectivity index (χ0) is 11.3. The van der Waals surface area contributed by atoms with Gasteiger partial charge in [-0.05, 0) is 25.8 Å². The van der Waals surface area contributed by atoms with Crippen LogP contribution >= 0.6 is 22.5 Å². The molecule has 1 aliphatic rings. The second-order valence-corrected chi connectivity index (χ2v) is 6.23. The van der Waals surface area contributed by atoms with Gasteiger partial charge in [-0.2, -0.15) is 0 Å². The van der Waals surface area contributed by atoms with Crippen molar-refractivity contribution >= 4 is 22.5 Å². The maximum absolute atomic E-state index is 4.20. The number of piperidine rings is 1. The summed E-state index contributed by atoms with van der Waals surface area (Å²) in [5.41, 5.74) is 0. The second kappa shape index (κ2) is 7.05. The van der Waals surface area contributed by atoms with Gasteiger partial charge in [0, 0.05) is 25.7 Å². The number of thiol groups is 1. The largest absolute Gasteiger partial charge is 0.303 e. The van der Waals surface area contributed by atoms with Crippen molar-refractivity contribution in [2.75, 3.05) is 32.6 Å². The SMILES string of the molecule is CC(C)CN(C)C1CCN(CSS)CC1. The molecular weight excluding hydrogens is 224 g/mol. The molecule has 1 rings (SSSR count). The van der Waals surface area contributed by atoms with E-state index in [9.17, 15) is 0 Å². The molecule has 0 aromatic heterocycles. The Kier molecular flexibility index (Phi) is 6.43. The first-order valence-corrected chi connectivity index (χ1v) is 7.86. The molecule has 2 nitrogen and oxygen atoms in total. The Morgan fingerprint density at radius 2 is 2.00 bits per heavy atom. The van der Waals surface area contributed by atoms with Crippen molar-refractivity contribution in [3.05, 3.63) is 0 Å². The highest BCUT2D eigenvalue weighted by molar-refractivity contribution is 8.68. The predicted octanol–water partition coefficient (Wildman–Crippen LogP) is 2.57. The van der Waals surface area contributed by atoms with Crippen molar-refractivity contribution < 1.29 is 0 Å². The molecule has 0 aliphatic carbocycles. The van der Waals surface area contributed by atoms with Gasteiger partial charge in [0.2, 0.25) is 0 Å². The number of hydrogen-bond acceptors (Lipinski definition) is 4. The maximum atomic E-state index is 4.20. The average Bonchev–Trinajstić information content (AvgIpc) is 2.18. The van der Waals surface area contributed by atoms with E-state index >= 15 is 0 Å². The van der Waals surface area contributed by atoms with Gasteiger partial charge in [0.1, 0.15) is 0 Å². The fourth-order valence-electron chi connectivity index (χ4n) is 2.30. The monoisotopic (exact) mass is 248 g/mol. The standard InChI is InChI=1S/C11H24N2S2/c1-10(2)8-12(3)11-4-6-13(7-5-11)9-15-14/h10-11,14H,4-9H2,1-3H3. The summed E-state index contributed by atoms with van der Waals surface area (Å²) >= 11 is 4.20. The predicted molar refractivity (Wildman–Crippen MR) is 73.5 cm³/mol. The summed E-state index contributed by atoms with van der Waals surface area (Å²) in [6.45, 7) is 8.29. The zero-order valence-electron chi connectivity index (χ0n) is 10.1. The summed E-state index contributed by atoms with van der Waals surface area (Å²) in [5.74, 6) is 1.85. The molecule has 1 saturated heterocycles. The van der Waals surface area contributed by atoms with Crippen LogP contribution in [0.1, 0.15) is 26.7 Å². The Balaban J connectivity index is 2.24. The first-order chi connectivity index (χ1) is 7.13. The van der Waals surface area contributed by atoms with Crippen LogP contribution in [0.5, 0.6) is 0 Å². The molecule has 0 spiro atoms. The molecule has 4 heteroatoms. The minimum atomic E-state index is 0.779. The third-order valence-electron chi connectivity index (χ3n) is 3.07. The molecule has 0 atom stereocenters. The number of rotatable bonds is 5. The van der Waals surface area contributed by atoms with E-state index in [0.29, 0.717) is 0 Å². The Morgan fingerprint density at radius 3 is 2.47 bits per heavy atom. The molecule has 0 unspecified atom stereocenters. The van der Waals surface area contributed by atoms with Crippen molar-refractivity contribution in [3.63, 3.8) is 0 Å². The lowest BCUT2D eigenvalue weighted by Gasteiger charge is -2.37. The van der Waals surface area contributed by atoms with Crippen LogP contribution in [-0.2, 0) is 0 Å². The van der Waals surface area contributed by atoms with Crippen molar-refractivity contribution in [3.8, 4) is 0 Å². The topological polar surface area (TPSA) is 6.48 Å². The molecule has 0 amide bonds. The summed E-state index contributed by atoms with van der Waals surface area (Å²) in [4.78, 5) is 5.03. The van der Waals surface area contributed by atoms with Gasteiger partial charge in [-0.25, -0.2) is 0 Å². The van der Waals surface area contributed by atoms with Gasteiger partial charge >= 0.3 is 0 Å². The summed E-state index contributed by atoms with van der Waals surface area (Å²) in [5, 5.41) is 0. The van der Waals surface area contributed by atoms with Gasteiger partial charge in [-0.3, -0.25) is 4.90 Å². The van der Waals surface area contributed by atoms with Gasteiger partial charge in [0.15, 0.2) is 0 Å². The number of nitrogens with zero attached hydrogens (tertiary/aromatic N) is 2. The third-order valence-corrected chi connectivity index (χ3v) is 3.90. The summed E-state index contributed by atoms with van der Waals surface area (Å²) in [7, 11) is 3.91. The van der Waals surface area contributed by atoms with E-state index in [2.05, 4.69) is 42.4 Å². The molecule has 0 radical (unpaired) electrons. The molecule has 0 aromatic carbocycles. The van der Waals surface area contributed by atoms with Gasteiger partial charge in [0.05, 0.1) is 5.88 Å². The van der Waals surface area contributed by atoms with E-state index in [1.165, 1.54) is 32.5 Å². The fourth-order valence-corrected chi connectivity index (χ4v) is 3.21. The average molecular weight is 248 g/mol. The molecule has 0 aromatic rings. The highest BCUT2D eigenvalue weighted by Crippen LogP contribution is 2.19. The normalized spacial score (nSPS) is 20.4. The summed E-state index contributed by atoms with van der Waals surface area (Å²) in [6, 6.07) is 0.800. The Labute approximate surface area is 104 Å². The second-order valence-electron chi connectivity index (χ2n) is 4.94. The van der Waals surface area contributed by atoms with Crippen LogP contribution in [0.4, 0.5) is 0 Å². The molecule has 1 fully saturated rings. The third kappa shape index (κ3) is 4.98. The first-order valence-electron chi connectivity index (χ1n) is 5.82. The lowest BCUT2D eigenvalue weighted by Crippen LogP contribution is -2.44. The number of hydrogen-bond donors (Lipinski definition) is 1. The van der Waals surface area contributed by atoms with Crippen LogP contribution in [0.2, 0.25) is 0 Å². The lowest BCUT2D eigenvalue weighted by molar-refractivity contribution is 0.131. The Hall–Kier alpha value is 0.620. The van der Waals surface area contributed by atoms with Crippen LogP contribution in [0, 0.1) is 5.92 Å². The van der Waals surface area contributed by atoms with Crippen molar-refractivity contribution in [2.24, 2.45) is 5.92 Å². The van der Waals surface area contributed by atoms with Crippen molar-refractivity contribution in [2.45, 2.75) is 32.7 Å². The Morgan fingerprint density at radius 1 is 1.40 bits per heavy atom. The van der Waals surface area contributed by atoms with Crippen LogP contribution < -0.4 is 0 Å². The van der Waals surface area contributed by atoms with E-state index in [1.807, 2.05) is 0 Å². The van der Waals surface area contributed by atoms with Crippen LogP contribution in [0.15, 0.2) is 0 Å².